The Kier molecular flexibility index (Phi) is 6.65. The summed E-state index contributed by atoms with van der Waals surface area (Å²) in [5.74, 6) is -0.764. The summed E-state index contributed by atoms with van der Waals surface area (Å²) in [6.45, 7) is 0. The molecule has 0 radical (unpaired) electrons. The highest BCUT2D eigenvalue weighted by molar-refractivity contribution is 7.87. The van der Waals surface area contributed by atoms with Crippen molar-refractivity contribution in [2.45, 2.75) is 51.6 Å². The molecule has 3 rings (SSSR count). The van der Waals surface area contributed by atoms with Crippen LogP contribution in [-0.2, 0) is 15.0 Å². The van der Waals surface area contributed by atoms with E-state index in [1.165, 1.54) is 19.2 Å². The van der Waals surface area contributed by atoms with Crippen LogP contribution >= 0.6 is 11.6 Å². The molecule has 1 aromatic carbocycles. The number of nitrogens with zero attached hydrogens (tertiary/aromatic N) is 1. The predicted octanol–water partition coefficient (Wildman–Crippen LogP) is 3.15. The molecular formula is C17H25ClFN3O3S. The molecule has 0 bridgehead atoms. The van der Waals surface area contributed by atoms with E-state index in [-0.39, 0.29) is 24.4 Å². The van der Waals surface area contributed by atoms with E-state index >= 15 is 0 Å². The minimum Gasteiger partial charge on any atom is -0.325 e. The van der Waals surface area contributed by atoms with E-state index < -0.39 is 28.0 Å². The number of anilines is 1. The molecular weight excluding hydrogens is 381 g/mol. The number of carbonyl (C=O) groups excluding carboxylic acids is 1. The average molecular weight is 406 g/mol. The van der Waals surface area contributed by atoms with Crippen LogP contribution in [0.4, 0.5) is 10.1 Å². The second-order valence-electron chi connectivity index (χ2n) is 6.66. The van der Waals surface area contributed by atoms with Gasteiger partial charge in [0.05, 0.1) is 5.02 Å². The van der Waals surface area contributed by atoms with Crippen molar-refractivity contribution in [3.8, 4) is 0 Å². The summed E-state index contributed by atoms with van der Waals surface area (Å²) in [5.41, 5.74) is 0.332. The fourth-order valence-electron chi connectivity index (χ4n) is 3.60. The zero-order valence-electron chi connectivity index (χ0n) is 13.8. The second kappa shape index (κ2) is 8.21. The predicted molar refractivity (Wildman–Crippen MR) is 101 cm³/mol. The van der Waals surface area contributed by atoms with E-state index in [0.717, 1.165) is 36.1 Å². The zero-order valence-corrected chi connectivity index (χ0v) is 15.4. The van der Waals surface area contributed by atoms with Gasteiger partial charge in [-0.1, -0.05) is 31.9 Å². The fourth-order valence-corrected chi connectivity index (χ4v) is 5.13. The third-order valence-corrected chi connectivity index (χ3v) is 6.96. The molecule has 6 nitrogen and oxygen atoms in total. The molecule has 2 fully saturated rings. The molecule has 0 spiro atoms. The van der Waals surface area contributed by atoms with Gasteiger partial charge in [-0.3, -0.25) is 4.79 Å². The van der Waals surface area contributed by atoms with Crippen LogP contribution in [0.15, 0.2) is 18.2 Å². The molecule has 26 heavy (non-hydrogen) atoms. The van der Waals surface area contributed by atoms with Gasteiger partial charge in [0.2, 0.25) is 5.91 Å². The van der Waals surface area contributed by atoms with Crippen molar-refractivity contribution in [2.24, 2.45) is 5.92 Å². The van der Waals surface area contributed by atoms with Gasteiger partial charge in [-0.2, -0.15) is 17.4 Å². The van der Waals surface area contributed by atoms with Crippen LogP contribution in [0.5, 0.6) is 0 Å². The lowest BCUT2D eigenvalue weighted by Crippen LogP contribution is -2.60. The number of rotatable bonds is 3. The summed E-state index contributed by atoms with van der Waals surface area (Å²) < 4.78 is 41.7. The smallest absolute Gasteiger partial charge is 0.280 e. The number of benzene rings is 1. The van der Waals surface area contributed by atoms with E-state index in [2.05, 4.69) is 10.0 Å². The first kappa shape index (κ1) is 21.1. The number of likely N-dealkylation sites (N-methyl/N-ethyl adjacent to an activating group) is 1. The van der Waals surface area contributed by atoms with Crippen molar-refractivity contribution >= 4 is 33.4 Å². The van der Waals surface area contributed by atoms with Crippen LogP contribution in [0.25, 0.3) is 0 Å². The summed E-state index contributed by atoms with van der Waals surface area (Å²) in [5, 5.41) is 2.53. The van der Waals surface area contributed by atoms with Gasteiger partial charge in [-0.15, -0.1) is 0 Å². The van der Waals surface area contributed by atoms with Crippen LogP contribution in [0.1, 0.15) is 39.5 Å². The van der Waals surface area contributed by atoms with Gasteiger partial charge >= 0.3 is 0 Å². The van der Waals surface area contributed by atoms with Crippen molar-refractivity contribution in [2.75, 3.05) is 12.4 Å². The summed E-state index contributed by atoms with van der Waals surface area (Å²) in [6, 6.07) is 2.79. The number of nitrogens with one attached hydrogen (secondary N) is 2. The standard InChI is InChI=1S/C16H21ClFN3O3S.CH4/c1-21-15(16(22)19-11-6-7-13(18)12(17)8-11)9-14(20-25(21,23)24)10-4-2-3-5-10;/h6-8,10,14-15,20H,2-5,9H2,1H3,(H,19,22);1H4. The number of hydrogen-bond acceptors (Lipinski definition) is 3. The molecule has 1 heterocycles. The molecule has 1 aliphatic carbocycles. The van der Waals surface area contributed by atoms with Crippen molar-refractivity contribution in [3.05, 3.63) is 29.0 Å². The van der Waals surface area contributed by atoms with E-state index in [0.29, 0.717) is 12.1 Å². The normalized spacial score (nSPS) is 26.3. The van der Waals surface area contributed by atoms with Crippen LogP contribution < -0.4 is 10.0 Å². The van der Waals surface area contributed by atoms with Crippen LogP contribution in [0, 0.1) is 11.7 Å². The molecule has 2 aliphatic rings. The Labute approximate surface area is 159 Å². The first-order valence-corrected chi connectivity index (χ1v) is 10.1. The maximum Gasteiger partial charge on any atom is 0.280 e. The molecule has 1 saturated carbocycles. The molecule has 0 aromatic heterocycles. The van der Waals surface area contributed by atoms with Crippen LogP contribution in [-0.4, -0.2) is 37.8 Å². The maximum atomic E-state index is 13.2. The first-order chi connectivity index (χ1) is 11.8. The van der Waals surface area contributed by atoms with Gasteiger partial charge in [-0.25, -0.2) is 4.39 Å². The van der Waals surface area contributed by atoms with Gasteiger partial charge in [0, 0.05) is 18.8 Å². The molecule has 2 N–H and O–H groups in total. The van der Waals surface area contributed by atoms with Gasteiger partial charge in [0.1, 0.15) is 11.9 Å². The quantitative estimate of drug-likeness (QED) is 0.810. The Hall–Kier alpha value is -1.22. The number of halogens is 2. The molecule has 1 saturated heterocycles. The highest BCUT2D eigenvalue weighted by Gasteiger charge is 2.43. The minimum absolute atomic E-state index is 0. The Morgan fingerprint density at radius 1 is 1.35 bits per heavy atom. The van der Waals surface area contributed by atoms with E-state index in [4.69, 9.17) is 11.6 Å². The fraction of sp³-hybridized carbons (Fsp3) is 0.588. The summed E-state index contributed by atoms with van der Waals surface area (Å²) in [7, 11) is -2.33. The zero-order chi connectivity index (χ0) is 18.2. The molecule has 1 aromatic rings. The van der Waals surface area contributed by atoms with Gasteiger partial charge < -0.3 is 5.32 Å². The monoisotopic (exact) mass is 405 g/mol. The third kappa shape index (κ3) is 4.36. The summed E-state index contributed by atoms with van der Waals surface area (Å²) >= 11 is 5.72. The molecule has 1 aliphatic heterocycles. The average Bonchev–Trinajstić information content (AvgIpc) is 3.07. The van der Waals surface area contributed by atoms with Gasteiger partial charge in [0.25, 0.3) is 10.2 Å². The minimum atomic E-state index is -3.71. The molecule has 2 atom stereocenters. The maximum absolute atomic E-state index is 13.2. The van der Waals surface area contributed by atoms with E-state index in [9.17, 15) is 17.6 Å². The third-order valence-electron chi connectivity index (χ3n) is 5.05. The lowest BCUT2D eigenvalue weighted by Gasteiger charge is -2.38. The lowest BCUT2D eigenvalue weighted by atomic mass is 9.92. The van der Waals surface area contributed by atoms with Crippen molar-refractivity contribution < 1.29 is 17.6 Å². The van der Waals surface area contributed by atoms with Crippen molar-refractivity contribution in [1.29, 1.82) is 0 Å². The Bertz CT molecular complexity index is 769. The van der Waals surface area contributed by atoms with Crippen LogP contribution in [0.2, 0.25) is 5.02 Å². The van der Waals surface area contributed by atoms with Gasteiger partial charge in [0.15, 0.2) is 0 Å². The van der Waals surface area contributed by atoms with Crippen LogP contribution in [0.3, 0.4) is 0 Å². The largest absolute Gasteiger partial charge is 0.325 e. The Balaban J connectivity index is 0.00000243. The molecule has 2 unspecified atom stereocenters. The van der Waals surface area contributed by atoms with E-state index in [1.54, 1.807) is 0 Å². The van der Waals surface area contributed by atoms with Gasteiger partial charge in [-0.05, 0) is 43.4 Å². The number of amides is 1. The SMILES string of the molecule is C.CN1C(C(=O)Nc2ccc(F)c(Cl)c2)CC(C2CCCC2)NS1(=O)=O. The second-order valence-corrected chi connectivity index (χ2v) is 8.83. The molecule has 9 heteroatoms. The number of hydrogen-bond donors (Lipinski definition) is 2. The van der Waals surface area contributed by atoms with Crippen molar-refractivity contribution in [1.82, 2.24) is 9.03 Å². The summed E-state index contributed by atoms with van der Waals surface area (Å²) in [6.07, 6.45) is 4.52. The number of carbonyl (C=O) groups is 1. The highest BCUT2D eigenvalue weighted by atomic mass is 35.5. The first-order valence-electron chi connectivity index (χ1n) is 8.29. The Morgan fingerprint density at radius 2 is 2.00 bits per heavy atom. The summed E-state index contributed by atoms with van der Waals surface area (Å²) in [4.78, 5) is 12.6. The van der Waals surface area contributed by atoms with Crippen molar-refractivity contribution in [3.63, 3.8) is 0 Å². The van der Waals surface area contributed by atoms with E-state index in [1.807, 2.05) is 0 Å². The Morgan fingerprint density at radius 3 is 2.62 bits per heavy atom. The highest BCUT2D eigenvalue weighted by Crippen LogP contribution is 2.33. The lowest BCUT2D eigenvalue weighted by molar-refractivity contribution is -0.120. The molecule has 146 valence electrons. The topological polar surface area (TPSA) is 78.5 Å². The molecule has 1 amide bonds.